The normalized spacial score (nSPS) is 14.8. The molecule has 4 heteroatoms. The van der Waals surface area contributed by atoms with Crippen LogP contribution in [0.2, 0.25) is 0 Å². The van der Waals surface area contributed by atoms with E-state index in [4.69, 9.17) is 4.74 Å². The summed E-state index contributed by atoms with van der Waals surface area (Å²) in [7, 11) is 0. The lowest BCUT2D eigenvalue weighted by Gasteiger charge is -2.25. The summed E-state index contributed by atoms with van der Waals surface area (Å²) in [5.74, 6) is 2.58. The SMILES string of the molecule is O=C(Oc1ccccc1-c1ccccc1)N1CCSCC1. The summed E-state index contributed by atoms with van der Waals surface area (Å²) in [5, 5.41) is 0. The van der Waals surface area contributed by atoms with Gasteiger partial charge in [-0.3, -0.25) is 0 Å². The molecule has 1 heterocycles. The van der Waals surface area contributed by atoms with E-state index in [1.165, 1.54) is 0 Å². The Morgan fingerprint density at radius 3 is 2.38 bits per heavy atom. The molecule has 0 spiro atoms. The molecule has 0 unspecified atom stereocenters. The van der Waals surface area contributed by atoms with Crippen molar-refractivity contribution in [3.8, 4) is 16.9 Å². The van der Waals surface area contributed by atoms with E-state index in [-0.39, 0.29) is 6.09 Å². The third-order valence-corrected chi connectivity index (χ3v) is 4.38. The van der Waals surface area contributed by atoms with Crippen LogP contribution in [0.4, 0.5) is 4.79 Å². The molecule has 1 amide bonds. The Kier molecular flexibility index (Phi) is 4.46. The average Bonchev–Trinajstić information content (AvgIpc) is 2.57. The monoisotopic (exact) mass is 299 g/mol. The largest absolute Gasteiger partial charge is 0.415 e. The standard InChI is InChI=1S/C17H17NO2S/c19-17(18-10-12-21-13-11-18)20-16-9-5-4-8-15(16)14-6-2-1-3-7-14/h1-9H,10-13H2. The van der Waals surface area contributed by atoms with E-state index < -0.39 is 0 Å². The van der Waals surface area contributed by atoms with Crippen LogP contribution in [0.3, 0.4) is 0 Å². The Bertz CT molecular complexity index is 609. The molecule has 1 aliphatic heterocycles. The number of ether oxygens (including phenoxy) is 1. The first kappa shape index (κ1) is 14.0. The third-order valence-electron chi connectivity index (χ3n) is 3.44. The Morgan fingerprint density at radius 2 is 1.62 bits per heavy atom. The highest BCUT2D eigenvalue weighted by Crippen LogP contribution is 2.30. The van der Waals surface area contributed by atoms with Gasteiger partial charge in [0.05, 0.1) is 0 Å². The zero-order valence-electron chi connectivity index (χ0n) is 11.7. The molecule has 21 heavy (non-hydrogen) atoms. The molecule has 2 aromatic carbocycles. The molecule has 0 N–H and O–H groups in total. The van der Waals surface area contributed by atoms with Gasteiger partial charge < -0.3 is 9.64 Å². The van der Waals surface area contributed by atoms with Crippen LogP contribution >= 0.6 is 11.8 Å². The van der Waals surface area contributed by atoms with Crippen molar-refractivity contribution in [1.82, 2.24) is 4.90 Å². The van der Waals surface area contributed by atoms with Crippen LogP contribution in [-0.2, 0) is 0 Å². The minimum Gasteiger partial charge on any atom is -0.410 e. The van der Waals surface area contributed by atoms with E-state index in [9.17, 15) is 4.79 Å². The van der Waals surface area contributed by atoms with Gasteiger partial charge in [-0.05, 0) is 11.6 Å². The van der Waals surface area contributed by atoms with Crippen LogP contribution in [0, 0.1) is 0 Å². The Hall–Kier alpha value is -1.94. The fourth-order valence-corrected chi connectivity index (χ4v) is 3.22. The first-order valence-electron chi connectivity index (χ1n) is 7.03. The van der Waals surface area contributed by atoms with Gasteiger partial charge in [-0.2, -0.15) is 11.8 Å². The molecule has 2 aromatic rings. The summed E-state index contributed by atoms with van der Waals surface area (Å²) in [6, 6.07) is 17.6. The zero-order valence-corrected chi connectivity index (χ0v) is 12.5. The first-order chi connectivity index (χ1) is 10.3. The van der Waals surface area contributed by atoms with Crippen LogP contribution in [0.25, 0.3) is 11.1 Å². The second-order valence-corrected chi connectivity index (χ2v) is 6.05. The van der Waals surface area contributed by atoms with E-state index in [1.54, 1.807) is 4.90 Å². The molecule has 0 atom stereocenters. The number of nitrogens with zero attached hydrogens (tertiary/aromatic N) is 1. The summed E-state index contributed by atoms with van der Waals surface area (Å²) >= 11 is 1.87. The van der Waals surface area contributed by atoms with Gasteiger partial charge in [-0.1, -0.05) is 48.5 Å². The number of para-hydroxylation sites is 1. The molecular formula is C17H17NO2S. The molecule has 108 valence electrons. The molecule has 0 aliphatic carbocycles. The van der Waals surface area contributed by atoms with Gasteiger partial charge in [-0.15, -0.1) is 0 Å². The number of thioether (sulfide) groups is 1. The molecular weight excluding hydrogens is 282 g/mol. The van der Waals surface area contributed by atoms with E-state index in [2.05, 4.69) is 0 Å². The Morgan fingerprint density at radius 1 is 0.952 bits per heavy atom. The van der Waals surface area contributed by atoms with Crippen molar-refractivity contribution in [3.05, 3.63) is 54.6 Å². The highest BCUT2D eigenvalue weighted by molar-refractivity contribution is 7.99. The van der Waals surface area contributed by atoms with E-state index in [1.807, 2.05) is 66.4 Å². The Balaban J connectivity index is 1.81. The third kappa shape index (κ3) is 3.39. The quantitative estimate of drug-likeness (QED) is 0.842. The van der Waals surface area contributed by atoms with E-state index >= 15 is 0 Å². The molecule has 0 aromatic heterocycles. The highest BCUT2D eigenvalue weighted by Gasteiger charge is 2.19. The van der Waals surface area contributed by atoms with Gasteiger partial charge >= 0.3 is 6.09 Å². The fraction of sp³-hybridized carbons (Fsp3) is 0.235. The van der Waals surface area contributed by atoms with Crippen LogP contribution in [-0.4, -0.2) is 35.6 Å². The Labute approximate surface area is 128 Å². The van der Waals surface area contributed by atoms with Crippen LogP contribution < -0.4 is 4.74 Å². The molecule has 1 saturated heterocycles. The molecule has 1 fully saturated rings. The highest BCUT2D eigenvalue weighted by atomic mass is 32.2. The molecule has 3 rings (SSSR count). The van der Waals surface area contributed by atoms with Gasteiger partial charge in [0.1, 0.15) is 5.75 Å². The van der Waals surface area contributed by atoms with Crippen LogP contribution in [0.5, 0.6) is 5.75 Å². The maximum atomic E-state index is 12.2. The number of hydrogen-bond donors (Lipinski definition) is 0. The van der Waals surface area contributed by atoms with Crippen molar-refractivity contribution in [2.75, 3.05) is 24.6 Å². The summed E-state index contributed by atoms with van der Waals surface area (Å²) in [6.45, 7) is 1.52. The lowest BCUT2D eigenvalue weighted by atomic mass is 10.1. The maximum absolute atomic E-state index is 12.2. The number of rotatable bonds is 2. The second kappa shape index (κ2) is 6.68. The van der Waals surface area contributed by atoms with Gasteiger partial charge in [0, 0.05) is 30.2 Å². The van der Waals surface area contributed by atoms with E-state index in [0.717, 1.165) is 35.7 Å². The van der Waals surface area contributed by atoms with Crippen molar-refractivity contribution < 1.29 is 9.53 Å². The van der Waals surface area contributed by atoms with Crippen molar-refractivity contribution in [3.63, 3.8) is 0 Å². The minimum absolute atomic E-state index is 0.251. The van der Waals surface area contributed by atoms with Crippen LogP contribution in [0.15, 0.2) is 54.6 Å². The van der Waals surface area contributed by atoms with Gasteiger partial charge in [0.15, 0.2) is 0 Å². The molecule has 3 nitrogen and oxygen atoms in total. The minimum atomic E-state index is -0.251. The lowest BCUT2D eigenvalue weighted by molar-refractivity contribution is 0.157. The number of hydrogen-bond acceptors (Lipinski definition) is 3. The van der Waals surface area contributed by atoms with Crippen LogP contribution in [0.1, 0.15) is 0 Å². The summed E-state index contributed by atoms with van der Waals surface area (Å²) in [6.07, 6.45) is -0.251. The number of carbonyl (C=O) groups is 1. The molecule has 0 radical (unpaired) electrons. The van der Waals surface area contributed by atoms with Gasteiger partial charge in [0.25, 0.3) is 0 Å². The first-order valence-corrected chi connectivity index (χ1v) is 8.19. The van der Waals surface area contributed by atoms with Gasteiger partial charge in [0.2, 0.25) is 0 Å². The average molecular weight is 299 g/mol. The summed E-state index contributed by atoms with van der Waals surface area (Å²) < 4.78 is 5.62. The summed E-state index contributed by atoms with van der Waals surface area (Å²) in [4.78, 5) is 14.0. The number of carbonyl (C=O) groups excluding carboxylic acids is 1. The van der Waals surface area contributed by atoms with Gasteiger partial charge in [-0.25, -0.2) is 4.79 Å². The predicted molar refractivity (Wildman–Crippen MR) is 86.8 cm³/mol. The zero-order chi connectivity index (χ0) is 14.5. The lowest BCUT2D eigenvalue weighted by Crippen LogP contribution is -2.39. The molecule has 0 bridgehead atoms. The smallest absolute Gasteiger partial charge is 0.410 e. The van der Waals surface area contributed by atoms with Crippen molar-refractivity contribution in [1.29, 1.82) is 0 Å². The number of benzene rings is 2. The fourth-order valence-electron chi connectivity index (χ4n) is 2.32. The van der Waals surface area contributed by atoms with Crippen molar-refractivity contribution in [2.45, 2.75) is 0 Å². The van der Waals surface area contributed by atoms with Crippen molar-refractivity contribution in [2.24, 2.45) is 0 Å². The van der Waals surface area contributed by atoms with Crippen molar-refractivity contribution >= 4 is 17.9 Å². The predicted octanol–water partition coefficient (Wildman–Crippen LogP) is 3.90. The maximum Gasteiger partial charge on any atom is 0.415 e. The summed E-state index contributed by atoms with van der Waals surface area (Å²) in [5.41, 5.74) is 1.99. The number of amides is 1. The molecule has 1 aliphatic rings. The topological polar surface area (TPSA) is 29.5 Å². The molecule has 0 saturated carbocycles. The second-order valence-electron chi connectivity index (χ2n) is 4.83. The van der Waals surface area contributed by atoms with E-state index in [0.29, 0.717) is 5.75 Å².